The second-order valence-corrected chi connectivity index (χ2v) is 28.5. The van der Waals surface area contributed by atoms with Crippen molar-refractivity contribution in [2.45, 2.75) is 200 Å². The Morgan fingerprint density at radius 2 is 0.758 bits per heavy atom. The average Bonchev–Trinajstić information content (AvgIpc) is 0.788. The highest BCUT2D eigenvalue weighted by Gasteiger charge is 2.52. The molecule has 1 aromatic rings. The molecule has 702 valence electrons. The third-order valence-electron chi connectivity index (χ3n) is 17.3. The third-order valence-corrected chi connectivity index (χ3v) is 17.8. The molecule has 4 rings (SSSR count). The summed E-state index contributed by atoms with van der Waals surface area (Å²) in [6.07, 6.45) is -12.8. The number of hydrogen-bond donors (Lipinski definition) is 7. The maximum absolute atomic E-state index is 14.0. The molecule has 3 aliphatic rings. The number of ether oxygens (including phenoxy) is 22. The summed E-state index contributed by atoms with van der Waals surface area (Å²) in [6.45, 7) is 9.07. The van der Waals surface area contributed by atoms with Gasteiger partial charge < -0.3 is 144 Å². The topological polar surface area (TPSA) is 553 Å². The van der Waals surface area contributed by atoms with Gasteiger partial charge in [-0.1, -0.05) is 12.1 Å². The summed E-state index contributed by atoms with van der Waals surface area (Å²) in [5, 5.41) is 19.1. The summed E-state index contributed by atoms with van der Waals surface area (Å²) >= 11 is 1.79. The van der Waals surface area contributed by atoms with Gasteiger partial charge in [-0.2, -0.15) is 0 Å². The van der Waals surface area contributed by atoms with Gasteiger partial charge in [-0.05, 0) is 24.1 Å². The number of carbonyl (C=O) groups excluding carboxylic acids is 15. The summed E-state index contributed by atoms with van der Waals surface area (Å²) in [6, 6.07) is 5.10. The standard InChI is InChI=1S/C78H120IN7O38/c1-48(87)84-70-73(119-55(8)94)62(117-53(6)92)44-115-76(70)111-39-36-105-31-23-82-66(99)18-27-108-46-78(86-68(101)20-25-102-33-34-103-29-21-80-64(97)16-13-58-11-14-59(124-79)15-12-58,45-107-26-17-65(98)81-22-30-104-35-38-110-69-41-60(116-52(5)91)72(118-54(7)93)61(122-69)42-113-50(3)89)47-109-28-19-67(100)83-24-32-106-37-40-112-77-71(85-49(2)88)75(121-57(10)96)74(120-56(9)95)63(123-77)43-114-51(4)90/h11-12,14-15,60-63,69-77H,13,16-47H2,1-10H3,(H,80,97)(H,81,98)(H,82,99)(H,83,100)(H,84,87)(H,85,88)(H,86,101)/t60-,61-,62-,63-,69-,70+,71+,72-,73-,74-,75+,76+,77-,78?/m1/s1. The minimum Gasteiger partial charge on any atom is -0.463 e. The molecule has 0 bridgehead atoms. The molecule has 0 spiro atoms. The van der Waals surface area contributed by atoms with Gasteiger partial charge in [-0.3, -0.25) is 71.9 Å². The number of amides is 7. The van der Waals surface area contributed by atoms with Gasteiger partial charge in [0.25, 0.3) is 0 Å². The van der Waals surface area contributed by atoms with Crippen LogP contribution in [-0.4, -0.2) is 346 Å². The van der Waals surface area contributed by atoms with Crippen LogP contribution in [0.15, 0.2) is 24.3 Å². The molecule has 0 saturated carbocycles. The average molecular weight is 1890 g/mol. The van der Waals surface area contributed by atoms with E-state index in [2.05, 4.69) is 37.2 Å². The van der Waals surface area contributed by atoms with E-state index in [1.807, 2.05) is 24.3 Å². The number of halogens is 1. The van der Waals surface area contributed by atoms with E-state index in [9.17, 15) is 71.9 Å². The Kier molecular flexibility index (Phi) is 53.4. The molecule has 3 fully saturated rings. The smallest absolute Gasteiger partial charge is 0.303 e. The lowest BCUT2D eigenvalue weighted by atomic mass is 9.96. The van der Waals surface area contributed by atoms with Crippen molar-refractivity contribution in [3.63, 3.8) is 0 Å². The maximum atomic E-state index is 14.0. The normalized spacial score (nSPS) is 21.4. The van der Waals surface area contributed by atoms with E-state index >= 15 is 0 Å². The fraction of sp³-hybridized carbons (Fsp3) is 0.731. The highest BCUT2D eigenvalue weighted by molar-refractivity contribution is 14.1. The molecular formula is C78H120IN7O38. The molecule has 0 radical (unpaired) electrons. The van der Waals surface area contributed by atoms with E-state index in [0.717, 1.165) is 40.2 Å². The Hall–Kier alpha value is -8.76. The fourth-order valence-electron chi connectivity index (χ4n) is 12.1. The lowest BCUT2D eigenvalue weighted by molar-refractivity contribution is -0.279. The number of rotatable bonds is 62. The molecule has 3 heterocycles. The summed E-state index contributed by atoms with van der Waals surface area (Å²) in [7, 11) is 0. The van der Waals surface area contributed by atoms with Gasteiger partial charge in [-0.25, -0.2) is 0 Å². The molecule has 0 aromatic heterocycles. The number of esters is 8. The first kappa shape index (κ1) is 108. The first-order chi connectivity index (χ1) is 59.2. The second kappa shape index (κ2) is 61.6. The van der Waals surface area contributed by atoms with Crippen LogP contribution in [0.3, 0.4) is 0 Å². The maximum Gasteiger partial charge on any atom is 0.303 e. The van der Waals surface area contributed by atoms with E-state index in [1.165, 1.54) is 34.6 Å². The molecule has 124 heavy (non-hydrogen) atoms. The predicted octanol–water partition coefficient (Wildman–Crippen LogP) is -1.67. The van der Waals surface area contributed by atoms with Crippen molar-refractivity contribution < 1.29 is 179 Å². The van der Waals surface area contributed by atoms with Crippen molar-refractivity contribution >= 4 is 112 Å². The second-order valence-electron chi connectivity index (χ2n) is 28.0. The molecule has 1 aromatic carbocycles. The van der Waals surface area contributed by atoms with Crippen molar-refractivity contribution in [1.82, 2.24) is 37.2 Å². The van der Waals surface area contributed by atoms with Crippen molar-refractivity contribution in [1.29, 1.82) is 0 Å². The molecule has 3 saturated heterocycles. The first-order valence-corrected chi connectivity index (χ1v) is 41.1. The Balaban J connectivity index is 1.40. The third kappa shape index (κ3) is 47.0. The van der Waals surface area contributed by atoms with Gasteiger partial charge in [0.2, 0.25) is 41.4 Å². The van der Waals surface area contributed by atoms with Crippen molar-refractivity contribution in [3.05, 3.63) is 29.8 Å². The Morgan fingerprint density at radius 1 is 0.379 bits per heavy atom. The highest BCUT2D eigenvalue weighted by atomic mass is 127. The van der Waals surface area contributed by atoms with Crippen LogP contribution in [-0.2, 0) is 183 Å². The van der Waals surface area contributed by atoms with Gasteiger partial charge in [0.1, 0.15) is 54.9 Å². The van der Waals surface area contributed by atoms with Crippen molar-refractivity contribution in [2.24, 2.45) is 0 Å². The highest BCUT2D eigenvalue weighted by Crippen LogP contribution is 2.30. The largest absolute Gasteiger partial charge is 0.463 e. The van der Waals surface area contributed by atoms with E-state index in [1.54, 1.807) is 23.0 Å². The van der Waals surface area contributed by atoms with Crippen LogP contribution >= 0.6 is 23.0 Å². The Morgan fingerprint density at radius 3 is 1.21 bits per heavy atom. The molecule has 45 nitrogen and oxygen atoms in total. The SMILES string of the molecule is CC(=O)N[C@@H]1[C@H](OCCOCCNC(=O)CCOCC(COCCC(=O)NCCOCCO[C@H]2C[C@@H](OC(C)=O)[C@@H](OC(C)=O)[C@@H](COC(C)=O)O2)(COCCC(=O)NCCOCCO[C@H]2OC[C@@H](OC(C)=O)[C@@H](OC(C)=O)[C@@H]2NC(C)=O)NC(=O)CCOCCOCCNC(=O)CCc2ccc(OI)cc2)O[C@H](COC(C)=O)[C@@H](OC(C)=O)[C@H]1OC(C)=O. The van der Waals surface area contributed by atoms with Gasteiger partial charge in [0.05, 0.1) is 132 Å². The van der Waals surface area contributed by atoms with E-state index in [4.69, 9.17) is 107 Å². The fourth-order valence-corrected chi connectivity index (χ4v) is 12.4. The van der Waals surface area contributed by atoms with Crippen molar-refractivity contribution in [2.75, 3.05) is 172 Å². The van der Waals surface area contributed by atoms with Crippen LogP contribution in [0.2, 0.25) is 0 Å². The van der Waals surface area contributed by atoms with Crippen molar-refractivity contribution in [3.8, 4) is 5.75 Å². The number of benzene rings is 1. The minimum absolute atomic E-state index is 0.00620. The zero-order chi connectivity index (χ0) is 91.2. The van der Waals surface area contributed by atoms with Gasteiger partial charge in [0.15, 0.2) is 72.4 Å². The first-order valence-electron chi connectivity index (χ1n) is 40.2. The molecule has 3 aliphatic heterocycles. The molecule has 7 amide bonds. The van der Waals surface area contributed by atoms with Crippen LogP contribution in [0.4, 0.5) is 0 Å². The van der Waals surface area contributed by atoms with E-state index in [-0.39, 0.29) is 209 Å². The Bertz CT molecular complexity index is 3480. The predicted molar refractivity (Wildman–Crippen MR) is 429 cm³/mol. The number of nitrogens with one attached hydrogen (secondary N) is 7. The number of hydrogen-bond acceptors (Lipinski definition) is 38. The lowest BCUT2D eigenvalue weighted by Crippen LogP contribution is -2.66. The molecule has 1 unspecified atom stereocenters. The summed E-state index contributed by atoms with van der Waals surface area (Å²) < 4.78 is 130. The van der Waals surface area contributed by atoms with Crippen LogP contribution in [0.1, 0.15) is 113 Å². The van der Waals surface area contributed by atoms with Crippen LogP contribution < -0.4 is 40.3 Å². The molecule has 7 N–H and O–H groups in total. The van der Waals surface area contributed by atoms with Crippen LogP contribution in [0.25, 0.3) is 0 Å². The molecule has 46 heteroatoms. The quantitative estimate of drug-likeness (QED) is 0.0166. The van der Waals surface area contributed by atoms with Gasteiger partial charge in [-0.15, -0.1) is 0 Å². The molecular weight excluding hydrogens is 1770 g/mol. The van der Waals surface area contributed by atoms with E-state index in [0.29, 0.717) is 12.2 Å². The van der Waals surface area contributed by atoms with Gasteiger partial charge >= 0.3 is 47.8 Å². The summed E-state index contributed by atoms with van der Waals surface area (Å²) in [4.78, 5) is 186. The summed E-state index contributed by atoms with van der Waals surface area (Å²) in [5.74, 6) is -8.15. The van der Waals surface area contributed by atoms with Crippen LogP contribution in [0, 0.1) is 0 Å². The van der Waals surface area contributed by atoms with Crippen LogP contribution in [0.5, 0.6) is 5.75 Å². The summed E-state index contributed by atoms with van der Waals surface area (Å²) in [5.41, 5.74) is -0.602. The number of aryl methyl sites for hydroxylation is 1. The lowest BCUT2D eigenvalue weighted by Gasteiger charge is -2.44. The Labute approximate surface area is 731 Å². The van der Waals surface area contributed by atoms with Gasteiger partial charge in [0, 0.05) is 134 Å². The monoisotopic (exact) mass is 1890 g/mol. The minimum atomic E-state index is -1.57. The zero-order valence-corrected chi connectivity index (χ0v) is 73.7. The number of carbonyl (C=O) groups is 15. The molecule has 0 aliphatic carbocycles. The zero-order valence-electron chi connectivity index (χ0n) is 71.5. The van der Waals surface area contributed by atoms with E-state index < -0.39 is 175 Å². The molecule has 14 atom stereocenters.